The SMILES string of the molecule is C=C(C)C(C)=BNC.CC. The predicted molar refractivity (Wildman–Crippen MR) is 51.7 cm³/mol. The van der Waals surface area contributed by atoms with E-state index in [0.29, 0.717) is 0 Å². The number of nitrogens with one attached hydrogen (secondary N) is 1. The van der Waals surface area contributed by atoms with Crippen LogP contribution in [0.15, 0.2) is 12.2 Å². The molecule has 58 valence electrons. The number of allylic oxidation sites excluding steroid dienone is 1. The van der Waals surface area contributed by atoms with Gasteiger partial charge in [0.1, 0.15) is 0 Å². The fourth-order valence-electron chi connectivity index (χ4n) is 0.340. The molecule has 0 aliphatic rings. The molecule has 0 aliphatic carbocycles. The Hall–Kier alpha value is -0.525. The first-order valence-corrected chi connectivity index (χ1v) is 3.68. The van der Waals surface area contributed by atoms with Gasteiger partial charge in [0, 0.05) is 0 Å². The second-order valence-corrected chi connectivity index (χ2v) is 1.90. The molecule has 0 heterocycles. The van der Waals surface area contributed by atoms with Gasteiger partial charge in [-0.25, -0.2) is 0 Å². The van der Waals surface area contributed by atoms with E-state index in [1.807, 2.05) is 41.8 Å². The average molecular weight is 139 g/mol. The van der Waals surface area contributed by atoms with Crippen molar-refractivity contribution in [3.05, 3.63) is 12.2 Å². The summed E-state index contributed by atoms with van der Waals surface area (Å²) in [6, 6.07) is 0. The zero-order valence-electron chi connectivity index (χ0n) is 7.78. The van der Waals surface area contributed by atoms with Crippen LogP contribution in [-0.4, -0.2) is 19.6 Å². The Kier molecular flexibility index (Phi) is 10.3. The predicted octanol–water partition coefficient (Wildman–Crippen LogP) is 1.62. The summed E-state index contributed by atoms with van der Waals surface area (Å²) in [5.74, 6) is 0. The molecule has 1 nitrogen and oxygen atoms in total. The van der Waals surface area contributed by atoms with Crippen LogP contribution in [0.4, 0.5) is 0 Å². The molecule has 10 heavy (non-hydrogen) atoms. The zero-order valence-corrected chi connectivity index (χ0v) is 7.78. The Balaban J connectivity index is 0. The van der Waals surface area contributed by atoms with Crippen molar-refractivity contribution in [2.24, 2.45) is 0 Å². The summed E-state index contributed by atoms with van der Waals surface area (Å²) in [7, 11) is 3.81. The van der Waals surface area contributed by atoms with Crippen LogP contribution >= 0.6 is 0 Å². The molecule has 0 fully saturated rings. The van der Waals surface area contributed by atoms with Gasteiger partial charge in [0.25, 0.3) is 0 Å². The van der Waals surface area contributed by atoms with E-state index in [1.54, 1.807) is 0 Å². The molecular formula is C8H18BN. The summed E-state index contributed by atoms with van der Waals surface area (Å²) < 4.78 is 0. The summed E-state index contributed by atoms with van der Waals surface area (Å²) in [6.07, 6.45) is 0. The molecule has 0 aromatic carbocycles. The van der Waals surface area contributed by atoms with Gasteiger partial charge < -0.3 is 0 Å². The van der Waals surface area contributed by atoms with E-state index >= 15 is 0 Å². The van der Waals surface area contributed by atoms with Gasteiger partial charge in [-0.3, -0.25) is 0 Å². The minimum Gasteiger partial charge on any atom is -0.0683 e. The maximum atomic E-state index is 3.77. The summed E-state index contributed by atoms with van der Waals surface area (Å²) in [5, 5.41) is 2.93. The second kappa shape index (κ2) is 8.47. The first kappa shape index (κ1) is 12.2. The molecular weight excluding hydrogens is 121 g/mol. The Morgan fingerprint density at radius 3 is 1.80 bits per heavy atom. The van der Waals surface area contributed by atoms with Gasteiger partial charge in [-0.1, -0.05) is 13.8 Å². The molecule has 2 heteroatoms. The molecule has 0 atom stereocenters. The van der Waals surface area contributed by atoms with E-state index in [0.717, 1.165) is 5.57 Å². The molecule has 0 radical (unpaired) electrons. The molecule has 0 saturated heterocycles. The van der Waals surface area contributed by atoms with Gasteiger partial charge in [0.15, 0.2) is 0 Å². The minimum absolute atomic E-state index is 1.11. The van der Waals surface area contributed by atoms with E-state index in [9.17, 15) is 0 Å². The quantitative estimate of drug-likeness (QED) is 0.573. The van der Waals surface area contributed by atoms with E-state index in [2.05, 4.69) is 11.8 Å². The van der Waals surface area contributed by atoms with Gasteiger partial charge in [-0.2, -0.15) is 0 Å². The minimum atomic E-state index is 1.11. The molecule has 0 unspecified atom stereocenters. The van der Waals surface area contributed by atoms with Gasteiger partial charge in [-0.05, 0) is 0 Å². The molecule has 0 aromatic heterocycles. The van der Waals surface area contributed by atoms with Crippen LogP contribution < -0.4 is 5.23 Å². The molecule has 0 rings (SSSR count). The van der Waals surface area contributed by atoms with Crippen LogP contribution in [0.5, 0.6) is 0 Å². The molecule has 0 amide bonds. The van der Waals surface area contributed by atoms with Crippen LogP contribution in [0.25, 0.3) is 0 Å². The fourth-order valence-corrected chi connectivity index (χ4v) is 0.340. The van der Waals surface area contributed by atoms with E-state index in [1.165, 1.54) is 5.46 Å². The topological polar surface area (TPSA) is 12.0 Å². The van der Waals surface area contributed by atoms with Crippen LogP contribution in [0.1, 0.15) is 27.7 Å². The first-order chi connectivity index (χ1) is 4.68. The Morgan fingerprint density at radius 2 is 1.70 bits per heavy atom. The Labute approximate surface area is 65.5 Å². The molecule has 1 N–H and O–H groups in total. The molecule has 0 saturated carbocycles. The smallest absolute Gasteiger partial charge is 0.0683 e. The monoisotopic (exact) mass is 139 g/mol. The first-order valence-electron chi connectivity index (χ1n) is 3.68. The number of rotatable bonds is 2. The van der Waals surface area contributed by atoms with Gasteiger partial charge in [0.2, 0.25) is 0 Å². The second-order valence-electron chi connectivity index (χ2n) is 1.90. The van der Waals surface area contributed by atoms with Crippen LogP contribution in [-0.2, 0) is 0 Å². The zero-order chi connectivity index (χ0) is 8.57. The molecule has 0 aliphatic heterocycles. The summed E-state index contributed by atoms with van der Waals surface area (Å²) in [6.45, 7) is 11.8. The van der Waals surface area contributed by atoms with Crippen molar-refractivity contribution in [3.8, 4) is 0 Å². The van der Waals surface area contributed by atoms with Crippen molar-refractivity contribution in [1.82, 2.24) is 5.23 Å². The summed E-state index contributed by atoms with van der Waals surface area (Å²) in [4.78, 5) is 0. The largest absolute Gasteiger partial charge is 0.0683 e. The normalized spacial score (nSPS) is 8.70. The summed E-state index contributed by atoms with van der Waals surface area (Å²) >= 11 is 0. The molecule has 0 aromatic rings. The van der Waals surface area contributed by atoms with Gasteiger partial charge >= 0.3 is 50.8 Å². The van der Waals surface area contributed by atoms with Crippen molar-refractivity contribution in [2.75, 3.05) is 7.05 Å². The van der Waals surface area contributed by atoms with Gasteiger partial charge in [0.05, 0.1) is 0 Å². The Morgan fingerprint density at radius 1 is 1.30 bits per heavy atom. The van der Waals surface area contributed by atoms with Crippen LogP contribution in [0.3, 0.4) is 0 Å². The third kappa shape index (κ3) is 7.47. The maximum absolute atomic E-state index is 3.77. The van der Waals surface area contributed by atoms with Crippen molar-refractivity contribution in [3.63, 3.8) is 0 Å². The third-order valence-electron chi connectivity index (χ3n) is 1.03. The number of hydrogen-bond donors (Lipinski definition) is 1. The van der Waals surface area contributed by atoms with Crippen LogP contribution in [0, 0.1) is 0 Å². The summed E-state index contributed by atoms with van der Waals surface area (Å²) in [5.41, 5.74) is 2.31. The fraction of sp³-hybridized carbons (Fsp3) is 0.625. The Bertz CT molecular complexity index is 116. The van der Waals surface area contributed by atoms with Crippen molar-refractivity contribution in [2.45, 2.75) is 27.7 Å². The van der Waals surface area contributed by atoms with Crippen molar-refractivity contribution < 1.29 is 0 Å². The number of hydrogen-bond acceptors (Lipinski definition) is 1. The molecule has 0 spiro atoms. The third-order valence-corrected chi connectivity index (χ3v) is 1.03. The van der Waals surface area contributed by atoms with Gasteiger partial charge in [-0.15, -0.1) is 0 Å². The van der Waals surface area contributed by atoms with Crippen LogP contribution in [0.2, 0.25) is 0 Å². The maximum Gasteiger partial charge on any atom is -0.0683 e. The van der Waals surface area contributed by atoms with E-state index < -0.39 is 0 Å². The standard InChI is InChI=1S/C6H12BN.C2H6/c1-5(2)6(3)7-8-4;1-2/h8H,1H2,2-4H3;1-2H3. The average Bonchev–Trinajstić information content (AvgIpc) is 1.93. The van der Waals surface area contributed by atoms with E-state index in [4.69, 9.17) is 0 Å². The molecule has 0 bridgehead atoms. The van der Waals surface area contributed by atoms with E-state index in [-0.39, 0.29) is 0 Å². The van der Waals surface area contributed by atoms with Crippen molar-refractivity contribution >= 4 is 12.5 Å². The van der Waals surface area contributed by atoms with Crippen molar-refractivity contribution in [1.29, 1.82) is 0 Å².